The molecular formula is C21H15Br2N3O. The lowest BCUT2D eigenvalue weighted by Crippen LogP contribution is -2.14. The Hall–Kier alpha value is -2.44. The normalized spacial score (nSPS) is 10.9. The van der Waals surface area contributed by atoms with Crippen LogP contribution in [0.1, 0.15) is 5.56 Å². The molecule has 134 valence electrons. The lowest BCUT2D eigenvalue weighted by Gasteiger charge is -2.06. The molecular weight excluding hydrogens is 470 g/mol. The number of nitrogens with zero attached hydrogens (tertiary/aromatic N) is 2. The van der Waals surface area contributed by atoms with Gasteiger partial charge in [-0.1, -0.05) is 42.5 Å². The van der Waals surface area contributed by atoms with Gasteiger partial charge in [0.05, 0.1) is 16.6 Å². The highest BCUT2D eigenvalue weighted by molar-refractivity contribution is 9.11. The molecule has 0 spiro atoms. The number of halogens is 2. The summed E-state index contributed by atoms with van der Waals surface area (Å²) in [6, 6.07) is 19.4. The number of benzene rings is 2. The van der Waals surface area contributed by atoms with Crippen molar-refractivity contribution in [2.45, 2.75) is 6.42 Å². The minimum atomic E-state index is -0.0320. The number of nitrogens with one attached hydrogen (secondary N) is 1. The van der Waals surface area contributed by atoms with Gasteiger partial charge in [0, 0.05) is 28.1 Å². The Morgan fingerprint density at radius 3 is 2.48 bits per heavy atom. The molecule has 0 fully saturated rings. The third-order valence-electron chi connectivity index (χ3n) is 4.14. The Morgan fingerprint density at radius 1 is 1.00 bits per heavy atom. The molecule has 1 amide bonds. The van der Waals surface area contributed by atoms with E-state index in [1.807, 2.05) is 77.5 Å². The molecule has 2 aromatic carbocycles. The van der Waals surface area contributed by atoms with Crippen LogP contribution in [-0.2, 0) is 11.2 Å². The summed E-state index contributed by atoms with van der Waals surface area (Å²) in [5.41, 5.74) is 4.48. The number of hydrogen-bond acceptors (Lipinski definition) is 2. The molecule has 4 nitrogen and oxygen atoms in total. The minimum absolute atomic E-state index is 0.0320. The monoisotopic (exact) mass is 483 g/mol. The zero-order valence-corrected chi connectivity index (χ0v) is 17.4. The van der Waals surface area contributed by atoms with Crippen molar-refractivity contribution in [3.05, 3.63) is 87.6 Å². The SMILES string of the molecule is O=C(Cc1ccccc1)Nc1ccc(-c2cn3cc(Br)cc(Br)c3n2)cc1. The summed E-state index contributed by atoms with van der Waals surface area (Å²) in [4.78, 5) is 16.9. The summed E-state index contributed by atoms with van der Waals surface area (Å²) >= 11 is 7.02. The van der Waals surface area contributed by atoms with Gasteiger partial charge in [-0.2, -0.15) is 0 Å². The maximum absolute atomic E-state index is 12.2. The molecule has 0 unspecified atom stereocenters. The standard InChI is InChI=1S/C21H15Br2N3O/c22-16-11-18(23)21-25-19(13-26(21)12-16)15-6-8-17(9-7-15)24-20(27)10-14-4-2-1-3-5-14/h1-9,11-13H,10H2,(H,24,27). The van der Waals surface area contributed by atoms with Crippen molar-refractivity contribution >= 4 is 49.1 Å². The molecule has 27 heavy (non-hydrogen) atoms. The van der Waals surface area contributed by atoms with E-state index in [2.05, 4.69) is 42.2 Å². The van der Waals surface area contributed by atoms with E-state index in [0.29, 0.717) is 6.42 Å². The average Bonchev–Trinajstić information content (AvgIpc) is 3.07. The summed E-state index contributed by atoms with van der Waals surface area (Å²) in [5.74, 6) is -0.0320. The second kappa shape index (κ2) is 7.66. The van der Waals surface area contributed by atoms with Crippen molar-refractivity contribution in [3.8, 4) is 11.3 Å². The molecule has 0 saturated heterocycles. The van der Waals surface area contributed by atoms with Crippen molar-refractivity contribution in [2.24, 2.45) is 0 Å². The zero-order chi connectivity index (χ0) is 18.8. The lowest BCUT2D eigenvalue weighted by atomic mass is 10.1. The summed E-state index contributed by atoms with van der Waals surface area (Å²) in [6.07, 6.45) is 4.31. The van der Waals surface area contributed by atoms with Gasteiger partial charge in [0.2, 0.25) is 5.91 Å². The highest BCUT2D eigenvalue weighted by atomic mass is 79.9. The number of pyridine rings is 1. The van der Waals surface area contributed by atoms with Crippen LogP contribution in [-0.4, -0.2) is 15.3 Å². The van der Waals surface area contributed by atoms with E-state index in [1.165, 1.54) is 0 Å². The molecule has 0 saturated carbocycles. The summed E-state index contributed by atoms with van der Waals surface area (Å²) in [7, 11) is 0. The molecule has 0 atom stereocenters. The van der Waals surface area contributed by atoms with Crippen LogP contribution in [0.3, 0.4) is 0 Å². The van der Waals surface area contributed by atoms with E-state index in [9.17, 15) is 4.79 Å². The first-order chi connectivity index (χ1) is 13.1. The number of carbonyl (C=O) groups is 1. The fourth-order valence-corrected chi connectivity index (χ4v) is 4.17. The molecule has 4 rings (SSSR count). The van der Waals surface area contributed by atoms with Crippen molar-refractivity contribution < 1.29 is 4.79 Å². The van der Waals surface area contributed by atoms with Gasteiger partial charge < -0.3 is 9.72 Å². The van der Waals surface area contributed by atoms with Crippen molar-refractivity contribution in [2.75, 3.05) is 5.32 Å². The predicted octanol–water partition coefficient (Wildman–Crippen LogP) is 5.71. The molecule has 0 aliphatic heterocycles. The van der Waals surface area contributed by atoms with Gasteiger partial charge in [0.15, 0.2) is 5.65 Å². The highest BCUT2D eigenvalue weighted by Crippen LogP contribution is 2.27. The van der Waals surface area contributed by atoms with Gasteiger partial charge in [-0.05, 0) is 55.6 Å². The molecule has 2 heterocycles. The van der Waals surface area contributed by atoms with Crippen LogP contribution in [0.5, 0.6) is 0 Å². The van der Waals surface area contributed by atoms with Crippen LogP contribution in [0.15, 0.2) is 82.0 Å². The first kappa shape index (κ1) is 17.9. The van der Waals surface area contributed by atoms with Crippen LogP contribution in [0.25, 0.3) is 16.9 Å². The Labute approximate surface area is 173 Å². The summed E-state index contributed by atoms with van der Waals surface area (Å²) < 4.78 is 3.87. The number of fused-ring (bicyclic) bond motifs is 1. The molecule has 0 bridgehead atoms. The van der Waals surface area contributed by atoms with Crippen LogP contribution < -0.4 is 5.32 Å². The van der Waals surface area contributed by atoms with Crippen molar-refractivity contribution in [1.82, 2.24) is 9.38 Å². The quantitative estimate of drug-likeness (QED) is 0.403. The largest absolute Gasteiger partial charge is 0.326 e. The van der Waals surface area contributed by atoms with Gasteiger partial charge in [-0.3, -0.25) is 4.79 Å². The smallest absolute Gasteiger partial charge is 0.228 e. The molecule has 0 aliphatic carbocycles. The first-order valence-electron chi connectivity index (χ1n) is 8.36. The van der Waals surface area contributed by atoms with Gasteiger partial charge >= 0.3 is 0 Å². The van der Waals surface area contributed by atoms with Crippen LogP contribution in [0, 0.1) is 0 Å². The predicted molar refractivity (Wildman–Crippen MR) is 115 cm³/mol. The maximum atomic E-state index is 12.2. The zero-order valence-electron chi connectivity index (χ0n) is 14.2. The van der Waals surface area contributed by atoms with Gasteiger partial charge in [0.25, 0.3) is 0 Å². The Morgan fingerprint density at radius 2 is 1.74 bits per heavy atom. The number of carbonyl (C=O) groups excluding carboxylic acids is 1. The Balaban J connectivity index is 1.50. The number of hydrogen-bond donors (Lipinski definition) is 1. The molecule has 0 radical (unpaired) electrons. The van der Waals surface area contributed by atoms with Gasteiger partial charge in [-0.15, -0.1) is 0 Å². The van der Waals surface area contributed by atoms with Gasteiger partial charge in [-0.25, -0.2) is 4.98 Å². The highest BCUT2D eigenvalue weighted by Gasteiger charge is 2.09. The third kappa shape index (κ3) is 4.12. The third-order valence-corrected chi connectivity index (χ3v) is 5.16. The fraction of sp³-hybridized carbons (Fsp3) is 0.0476. The first-order valence-corrected chi connectivity index (χ1v) is 9.95. The average molecular weight is 485 g/mol. The minimum Gasteiger partial charge on any atom is -0.326 e. The summed E-state index contributed by atoms with van der Waals surface area (Å²) in [6.45, 7) is 0. The summed E-state index contributed by atoms with van der Waals surface area (Å²) in [5, 5.41) is 2.93. The lowest BCUT2D eigenvalue weighted by molar-refractivity contribution is -0.115. The second-order valence-corrected chi connectivity index (χ2v) is 7.92. The van der Waals surface area contributed by atoms with Crippen molar-refractivity contribution in [3.63, 3.8) is 0 Å². The molecule has 6 heteroatoms. The number of amides is 1. The van der Waals surface area contributed by atoms with E-state index >= 15 is 0 Å². The topological polar surface area (TPSA) is 46.4 Å². The molecule has 0 aliphatic rings. The van der Waals surface area contributed by atoms with E-state index in [4.69, 9.17) is 0 Å². The molecule has 2 aromatic heterocycles. The number of aromatic nitrogens is 2. The number of rotatable bonds is 4. The van der Waals surface area contributed by atoms with E-state index < -0.39 is 0 Å². The van der Waals surface area contributed by atoms with Gasteiger partial charge in [0.1, 0.15) is 0 Å². The Bertz CT molecular complexity index is 1110. The van der Waals surface area contributed by atoms with Crippen LogP contribution >= 0.6 is 31.9 Å². The van der Waals surface area contributed by atoms with Crippen molar-refractivity contribution in [1.29, 1.82) is 0 Å². The molecule has 1 N–H and O–H groups in total. The van der Waals surface area contributed by atoms with Crippen LogP contribution in [0.2, 0.25) is 0 Å². The molecule has 4 aromatic rings. The van der Waals surface area contributed by atoms with E-state index in [0.717, 1.165) is 37.1 Å². The Kier molecular flexibility index (Phi) is 5.09. The second-order valence-electron chi connectivity index (χ2n) is 6.15. The fourth-order valence-electron chi connectivity index (χ4n) is 2.87. The number of imidazole rings is 1. The number of anilines is 1. The van der Waals surface area contributed by atoms with E-state index in [1.54, 1.807) is 0 Å². The maximum Gasteiger partial charge on any atom is 0.228 e. The van der Waals surface area contributed by atoms with E-state index in [-0.39, 0.29) is 5.91 Å². The van der Waals surface area contributed by atoms with Crippen LogP contribution in [0.4, 0.5) is 5.69 Å².